The number of aryl methyl sites for hydroxylation is 2. The fraction of sp³-hybridized carbons (Fsp3) is 0.0870. The first-order valence-electron chi connectivity index (χ1n) is 9.32. The highest BCUT2D eigenvalue weighted by molar-refractivity contribution is 6.49. The lowest BCUT2D eigenvalue weighted by atomic mass is 9.89. The van der Waals surface area contributed by atoms with E-state index in [2.05, 4.69) is 0 Å². The maximum absolute atomic E-state index is 12.3. The number of fused-ring (bicyclic) bond motifs is 2. The van der Waals surface area contributed by atoms with E-state index in [1.807, 2.05) is 0 Å². The van der Waals surface area contributed by atoms with Crippen molar-refractivity contribution < 1.29 is 29.3 Å². The zero-order valence-corrected chi connectivity index (χ0v) is 19.2. The third kappa shape index (κ3) is 3.49. The first-order chi connectivity index (χ1) is 15.4. The molecule has 1 aliphatic heterocycles. The average molecular weight is 508 g/mol. The van der Waals surface area contributed by atoms with Gasteiger partial charge in [0.1, 0.15) is 17.1 Å². The SMILES string of the molecule is Cc1cc2c(-c3c(Cl)c(Cl)c(C(=O)O)c(C(=O)O)c3Cl)c3cc(C)c(=O)cc-3oc2cc1O. The van der Waals surface area contributed by atoms with Crippen LogP contribution in [0.2, 0.25) is 15.1 Å². The molecule has 10 heteroatoms. The third-order valence-electron chi connectivity index (χ3n) is 5.33. The molecule has 168 valence electrons. The van der Waals surface area contributed by atoms with Gasteiger partial charge in [0.25, 0.3) is 0 Å². The number of carbonyl (C=O) groups is 2. The largest absolute Gasteiger partial charge is 0.508 e. The predicted octanol–water partition coefficient (Wildman–Crippen LogP) is 6.24. The van der Waals surface area contributed by atoms with Gasteiger partial charge < -0.3 is 19.7 Å². The van der Waals surface area contributed by atoms with Gasteiger partial charge in [-0.2, -0.15) is 0 Å². The van der Waals surface area contributed by atoms with Crippen LogP contribution < -0.4 is 5.43 Å². The van der Waals surface area contributed by atoms with E-state index in [1.54, 1.807) is 19.9 Å². The fourth-order valence-electron chi connectivity index (χ4n) is 3.72. The molecule has 2 aromatic rings. The normalized spacial score (nSPS) is 11.3. The number of aromatic carboxylic acids is 2. The molecule has 0 unspecified atom stereocenters. The maximum atomic E-state index is 12.3. The first kappa shape index (κ1) is 22.9. The molecule has 1 heterocycles. The number of benzene rings is 3. The molecule has 0 saturated carbocycles. The van der Waals surface area contributed by atoms with Crippen LogP contribution >= 0.6 is 34.8 Å². The summed E-state index contributed by atoms with van der Waals surface area (Å²) in [6, 6.07) is 5.70. The molecule has 2 aliphatic rings. The quantitative estimate of drug-likeness (QED) is 0.221. The lowest BCUT2D eigenvalue weighted by molar-refractivity contribution is 0.0652. The van der Waals surface area contributed by atoms with E-state index in [-0.39, 0.29) is 38.7 Å². The Morgan fingerprint density at radius 3 is 2.03 bits per heavy atom. The molecule has 1 aliphatic carbocycles. The van der Waals surface area contributed by atoms with Crippen LogP contribution in [0.15, 0.2) is 33.5 Å². The second-order valence-corrected chi connectivity index (χ2v) is 8.54. The lowest BCUT2D eigenvalue weighted by Gasteiger charge is -2.20. The van der Waals surface area contributed by atoms with Crippen LogP contribution in [0.1, 0.15) is 31.8 Å². The summed E-state index contributed by atoms with van der Waals surface area (Å²) >= 11 is 19.2. The summed E-state index contributed by atoms with van der Waals surface area (Å²) in [4.78, 5) is 36.0. The zero-order chi connectivity index (χ0) is 24.4. The molecule has 0 radical (unpaired) electrons. The van der Waals surface area contributed by atoms with Gasteiger partial charge in [0, 0.05) is 34.2 Å². The van der Waals surface area contributed by atoms with Crippen LogP contribution in [-0.2, 0) is 0 Å². The topological polar surface area (TPSA) is 125 Å². The number of phenols is 1. The lowest BCUT2D eigenvalue weighted by Crippen LogP contribution is -2.12. The Hall–Kier alpha value is -3.26. The van der Waals surface area contributed by atoms with Crippen LogP contribution in [0, 0.1) is 13.8 Å². The Kier molecular flexibility index (Phi) is 5.52. The molecule has 4 rings (SSSR count). The molecular formula is C23H13Cl3O7. The number of carboxylic acids is 2. The van der Waals surface area contributed by atoms with E-state index in [9.17, 15) is 29.7 Å². The second kappa shape index (κ2) is 7.95. The van der Waals surface area contributed by atoms with Crippen molar-refractivity contribution in [3.05, 3.63) is 71.8 Å². The Bertz CT molecular complexity index is 1550. The van der Waals surface area contributed by atoms with Crippen molar-refractivity contribution in [2.75, 3.05) is 0 Å². The standard InChI is InChI=1S/C23H13Cl3O7/c1-7-3-9-13(5-11(7)27)33-14-6-12(28)8(2)4-10(14)15(9)16-19(24)17(22(29)30)18(23(31)32)21(26)20(16)25/h3-6,27H,1-2H3,(H,29,30)(H,31,32). The minimum Gasteiger partial charge on any atom is -0.508 e. The zero-order valence-electron chi connectivity index (χ0n) is 16.9. The Morgan fingerprint density at radius 2 is 1.42 bits per heavy atom. The van der Waals surface area contributed by atoms with Gasteiger partial charge in [0.05, 0.1) is 26.2 Å². The molecule has 0 bridgehead atoms. The average Bonchev–Trinajstić information content (AvgIpc) is 2.72. The molecule has 2 aromatic carbocycles. The minimum atomic E-state index is -1.61. The van der Waals surface area contributed by atoms with Gasteiger partial charge >= 0.3 is 11.9 Å². The van der Waals surface area contributed by atoms with Gasteiger partial charge in [0.2, 0.25) is 0 Å². The molecule has 33 heavy (non-hydrogen) atoms. The van der Waals surface area contributed by atoms with Crippen molar-refractivity contribution in [2.24, 2.45) is 0 Å². The number of halogens is 3. The van der Waals surface area contributed by atoms with E-state index < -0.39 is 33.1 Å². The second-order valence-electron chi connectivity index (χ2n) is 7.40. The molecule has 3 N–H and O–H groups in total. The number of phenolic OH excluding ortho intramolecular Hbond substituents is 1. The summed E-state index contributed by atoms with van der Waals surface area (Å²) in [5.41, 5.74) is -0.200. The summed E-state index contributed by atoms with van der Waals surface area (Å²) < 4.78 is 5.84. The number of hydrogen-bond donors (Lipinski definition) is 3. The van der Waals surface area contributed by atoms with Crippen LogP contribution in [-0.4, -0.2) is 27.3 Å². The van der Waals surface area contributed by atoms with Crippen LogP contribution in [0.4, 0.5) is 0 Å². The summed E-state index contributed by atoms with van der Waals surface area (Å²) in [6.45, 7) is 3.23. The fourth-order valence-corrected chi connectivity index (χ4v) is 4.69. The molecule has 0 spiro atoms. The van der Waals surface area contributed by atoms with Crippen molar-refractivity contribution in [3.63, 3.8) is 0 Å². The van der Waals surface area contributed by atoms with E-state index in [4.69, 9.17) is 39.2 Å². The Labute approximate surface area is 200 Å². The van der Waals surface area contributed by atoms with Crippen LogP contribution in [0.25, 0.3) is 33.4 Å². The predicted molar refractivity (Wildman–Crippen MR) is 125 cm³/mol. The smallest absolute Gasteiger partial charge is 0.338 e. The number of hydrogen-bond acceptors (Lipinski definition) is 5. The van der Waals surface area contributed by atoms with Gasteiger partial charge in [-0.25, -0.2) is 9.59 Å². The van der Waals surface area contributed by atoms with Gasteiger partial charge in [-0.05, 0) is 37.1 Å². The van der Waals surface area contributed by atoms with E-state index in [1.165, 1.54) is 18.2 Å². The van der Waals surface area contributed by atoms with Crippen molar-refractivity contribution in [1.82, 2.24) is 0 Å². The molecule has 0 fully saturated rings. The minimum absolute atomic E-state index is 0.0420. The number of aromatic hydroxyl groups is 1. The highest BCUT2D eigenvalue weighted by Gasteiger charge is 2.32. The van der Waals surface area contributed by atoms with Gasteiger partial charge in [-0.3, -0.25) is 4.79 Å². The Morgan fingerprint density at radius 1 is 0.818 bits per heavy atom. The van der Waals surface area contributed by atoms with E-state index in [0.717, 1.165) is 0 Å². The number of rotatable bonds is 3. The van der Waals surface area contributed by atoms with Crippen molar-refractivity contribution in [1.29, 1.82) is 0 Å². The van der Waals surface area contributed by atoms with E-state index in [0.29, 0.717) is 22.1 Å². The summed E-state index contributed by atoms with van der Waals surface area (Å²) in [5, 5.41) is 28.6. The van der Waals surface area contributed by atoms with Crippen LogP contribution in [0.3, 0.4) is 0 Å². The first-order valence-corrected chi connectivity index (χ1v) is 10.5. The molecule has 0 saturated heterocycles. The third-order valence-corrected chi connectivity index (χ3v) is 6.56. The van der Waals surface area contributed by atoms with Gasteiger partial charge in [-0.15, -0.1) is 0 Å². The van der Waals surface area contributed by atoms with Crippen LogP contribution in [0.5, 0.6) is 5.75 Å². The van der Waals surface area contributed by atoms with Gasteiger partial charge in [0.15, 0.2) is 5.43 Å². The molecule has 7 nitrogen and oxygen atoms in total. The molecule has 0 atom stereocenters. The monoisotopic (exact) mass is 506 g/mol. The summed E-state index contributed by atoms with van der Waals surface area (Å²) in [6.07, 6.45) is 0. The van der Waals surface area contributed by atoms with Gasteiger partial charge in [-0.1, -0.05) is 34.8 Å². The highest BCUT2D eigenvalue weighted by atomic mass is 35.5. The summed E-state index contributed by atoms with van der Waals surface area (Å²) in [7, 11) is 0. The highest BCUT2D eigenvalue weighted by Crippen LogP contribution is 2.50. The van der Waals surface area contributed by atoms with Crippen molar-refractivity contribution in [3.8, 4) is 28.2 Å². The van der Waals surface area contributed by atoms with Crippen molar-refractivity contribution in [2.45, 2.75) is 13.8 Å². The Balaban J connectivity index is 2.33. The van der Waals surface area contributed by atoms with Crippen molar-refractivity contribution >= 4 is 57.7 Å². The summed E-state index contributed by atoms with van der Waals surface area (Å²) in [5.74, 6) is -3.18. The molecule has 0 amide bonds. The molecular weight excluding hydrogens is 495 g/mol. The molecule has 0 aromatic heterocycles. The number of carboxylic acid groups (broad SMARTS) is 2. The van der Waals surface area contributed by atoms with E-state index >= 15 is 0 Å². The maximum Gasteiger partial charge on any atom is 0.338 e.